The van der Waals surface area contributed by atoms with E-state index in [4.69, 9.17) is 5.14 Å². The molecule has 2 aromatic carbocycles. The van der Waals surface area contributed by atoms with Crippen LogP contribution in [0.5, 0.6) is 0 Å². The number of nitrogens with two attached hydrogens (primary N) is 1. The van der Waals surface area contributed by atoms with Crippen molar-refractivity contribution in [3.8, 4) is 0 Å². The fourth-order valence-corrected chi connectivity index (χ4v) is 2.36. The average molecular weight is 294 g/mol. The molecule has 0 spiro atoms. The highest BCUT2D eigenvalue weighted by atomic mass is 32.2. The largest absolute Gasteiger partial charge is 0.376 e. The van der Waals surface area contributed by atoms with Crippen LogP contribution < -0.4 is 10.5 Å². The van der Waals surface area contributed by atoms with Gasteiger partial charge in [-0.25, -0.2) is 17.9 Å². The van der Waals surface area contributed by atoms with Gasteiger partial charge in [0.2, 0.25) is 10.0 Å². The molecule has 1 atom stereocenters. The topological polar surface area (TPSA) is 72.2 Å². The van der Waals surface area contributed by atoms with Crippen LogP contribution in [-0.4, -0.2) is 8.42 Å². The molecule has 2 aromatic rings. The third-order valence-electron chi connectivity index (χ3n) is 2.95. The van der Waals surface area contributed by atoms with Crippen molar-refractivity contribution in [2.75, 3.05) is 5.32 Å². The first-order valence-corrected chi connectivity index (χ1v) is 7.56. The van der Waals surface area contributed by atoms with E-state index < -0.39 is 10.0 Å². The van der Waals surface area contributed by atoms with Gasteiger partial charge >= 0.3 is 0 Å². The summed E-state index contributed by atoms with van der Waals surface area (Å²) < 4.78 is 35.9. The fourth-order valence-electron chi connectivity index (χ4n) is 1.84. The Morgan fingerprint density at radius 2 is 1.70 bits per heavy atom. The minimum atomic E-state index is -3.69. The van der Waals surface area contributed by atoms with Crippen molar-refractivity contribution in [3.05, 3.63) is 59.9 Å². The van der Waals surface area contributed by atoms with E-state index in [1.807, 2.05) is 6.92 Å². The fraction of sp³-hybridized carbons (Fsp3) is 0.143. The Balaban J connectivity index is 2.18. The number of primary sulfonamides is 1. The molecule has 0 saturated heterocycles. The molecule has 0 bridgehead atoms. The van der Waals surface area contributed by atoms with Gasteiger partial charge in [-0.15, -0.1) is 0 Å². The highest BCUT2D eigenvalue weighted by Gasteiger charge is 2.11. The first-order chi connectivity index (χ1) is 9.38. The lowest BCUT2D eigenvalue weighted by Crippen LogP contribution is -2.13. The van der Waals surface area contributed by atoms with Crippen molar-refractivity contribution in [2.24, 2.45) is 5.14 Å². The van der Waals surface area contributed by atoms with Gasteiger partial charge in [-0.3, -0.25) is 0 Å². The summed E-state index contributed by atoms with van der Waals surface area (Å²) in [5.41, 5.74) is 1.23. The summed E-state index contributed by atoms with van der Waals surface area (Å²) in [7, 11) is -3.69. The lowest BCUT2D eigenvalue weighted by atomic mass is 10.1. The van der Waals surface area contributed by atoms with E-state index in [0.717, 1.165) is 5.56 Å². The Bertz CT molecular complexity index is 699. The Labute approximate surface area is 117 Å². The van der Waals surface area contributed by atoms with E-state index in [9.17, 15) is 12.8 Å². The van der Waals surface area contributed by atoms with Crippen molar-refractivity contribution in [1.82, 2.24) is 0 Å². The quantitative estimate of drug-likeness (QED) is 0.910. The van der Waals surface area contributed by atoms with Gasteiger partial charge in [0.05, 0.1) is 10.6 Å². The third-order valence-corrected chi connectivity index (χ3v) is 3.88. The molecule has 1 unspecified atom stereocenters. The van der Waals surface area contributed by atoms with E-state index in [0.29, 0.717) is 5.69 Å². The van der Waals surface area contributed by atoms with Gasteiger partial charge in [-0.2, -0.15) is 0 Å². The van der Waals surface area contributed by atoms with E-state index in [1.165, 1.54) is 18.2 Å². The summed E-state index contributed by atoms with van der Waals surface area (Å²) >= 11 is 0. The number of para-hydroxylation sites is 1. The van der Waals surface area contributed by atoms with Gasteiger partial charge in [0.15, 0.2) is 0 Å². The van der Waals surface area contributed by atoms with E-state index in [2.05, 4.69) is 5.32 Å². The SMILES string of the molecule is CC(Nc1ccccc1F)c1ccc(S(N)(=O)=O)cc1. The zero-order chi connectivity index (χ0) is 14.8. The molecule has 106 valence electrons. The van der Waals surface area contributed by atoms with Crippen LogP contribution >= 0.6 is 0 Å². The molecule has 0 aliphatic heterocycles. The van der Waals surface area contributed by atoms with Crippen molar-refractivity contribution in [2.45, 2.75) is 17.9 Å². The van der Waals surface area contributed by atoms with Crippen LogP contribution in [0.15, 0.2) is 53.4 Å². The van der Waals surface area contributed by atoms with Crippen molar-refractivity contribution in [1.29, 1.82) is 0 Å². The maximum Gasteiger partial charge on any atom is 0.238 e. The van der Waals surface area contributed by atoms with Crippen molar-refractivity contribution < 1.29 is 12.8 Å². The third kappa shape index (κ3) is 3.34. The minimum absolute atomic E-state index is 0.0549. The van der Waals surface area contributed by atoms with Crippen LogP contribution in [0.2, 0.25) is 0 Å². The first kappa shape index (κ1) is 14.5. The summed E-state index contributed by atoms with van der Waals surface area (Å²) in [4.78, 5) is 0.0549. The molecule has 6 heteroatoms. The van der Waals surface area contributed by atoms with Crippen molar-refractivity contribution in [3.63, 3.8) is 0 Å². The summed E-state index contributed by atoms with van der Waals surface area (Å²) in [6, 6.07) is 12.4. The highest BCUT2D eigenvalue weighted by molar-refractivity contribution is 7.89. The van der Waals surface area contributed by atoms with Gasteiger partial charge in [0.1, 0.15) is 5.82 Å². The van der Waals surface area contributed by atoms with E-state index >= 15 is 0 Å². The number of halogens is 1. The average Bonchev–Trinajstić information content (AvgIpc) is 2.40. The van der Waals surface area contributed by atoms with Crippen LogP contribution in [0.4, 0.5) is 10.1 Å². The van der Waals surface area contributed by atoms with Crippen LogP contribution in [-0.2, 0) is 10.0 Å². The summed E-state index contributed by atoms with van der Waals surface area (Å²) in [5.74, 6) is -0.333. The monoisotopic (exact) mass is 294 g/mol. The van der Waals surface area contributed by atoms with E-state index in [-0.39, 0.29) is 16.8 Å². The summed E-state index contributed by atoms with van der Waals surface area (Å²) in [5, 5.41) is 8.06. The Morgan fingerprint density at radius 1 is 1.10 bits per heavy atom. The standard InChI is InChI=1S/C14H15FN2O2S/c1-10(17-14-5-3-2-4-13(14)15)11-6-8-12(9-7-11)20(16,18)19/h2-10,17H,1H3,(H2,16,18,19). The van der Waals surface area contributed by atoms with Crippen molar-refractivity contribution >= 4 is 15.7 Å². The van der Waals surface area contributed by atoms with Gasteiger partial charge in [-0.05, 0) is 36.8 Å². The lowest BCUT2D eigenvalue weighted by Gasteiger charge is -2.16. The second kappa shape index (κ2) is 5.60. The molecule has 0 saturated carbocycles. The molecule has 0 radical (unpaired) electrons. The number of hydrogen-bond acceptors (Lipinski definition) is 3. The molecular weight excluding hydrogens is 279 g/mol. The zero-order valence-corrected chi connectivity index (χ0v) is 11.7. The molecule has 0 aliphatic carbocycles. The van der Waals surface area contributed by atoms with E-state index in [1.54, 1.807) is 30.3 Å². The van der Waals surface area contributed by atoms with Crippen LogP contribution in [0.3, 0.4) is 0 Å². The molecule has 0 fully saturated rings. The van der Waals surface area contributed by atoms with Gasteiger partial charge < -0.3 is 5.32 Å². The molecule has 3 N–H and O–H groups in total. The molecule has 0 heterocycles. The minimum Gasteiger partial charge on any atom is -0.376 e. The Morgan fingerprint density at radius 3 is 2.25 bits per heavy atom. The number of anilines is 1. The number of benzene rings is 2. The maximum atomic E-state index is 13.5. The van der Waals surface area contributed by atoms with Crippen LogP contribution in [0.1, 0.15) is 18.5 Å². The second-order valence-electron chi connectivity index (χ2n) is 4.46. The molecule has 4 nitrogen and oxygen atoms in total. The molecule has 0 aliphatic rings. The second-order valence-corrected chi connectivity index (χ2v) is 6.02. The Kier molecular flexibility index (Phi) is 4.06. The molecule has 20 heavy (non-hydrogen) atoms. The summed E-state index contributed by atoms with van der Waals surface area (Å²) in [6.07, 6.45) is 0. The normalized spacial score (nSPS) is 12.9. The Hall–Kier alpha value is -1.92. The highest BCUT2D eigenvalue weighted by Crippen LogP contribution is 2.22. The molecule has 0 amide bonds. The first-order valence-electron chi connectivity index (χ1n) is 6.02. The number of sulfonamides is 1. The predicted octanol–water partition coefficient (Wildman–Crippen LogP) is 2.65. The van der Waals surface area contributed by atoms with Crippen LogP contribution in [0.25, 0.3) is 0 Å². The molecule has 0 aromatic heterocycles. The number of hydrogen-bond donors (Lipinski definition) is 2. The van der Waals surface area contributed by atoms with Gasteiger partial charge in [0, 0.05) is 6.04 Å². The summed E-state index contributed by atoms with van der Waals surface area (Å²) in [6.45, 7) is 1.86. The van der Waals surface area contributed by atoms with Crippen LogP contribution in [0, 0.1) is 5.82 Å². The lowest BCUT2D eigenvalue weighted by molar-refractivity contribution is 0.597. The molecular formula is C14H15FN2O2S. The number of rotatable bonds is 4. The zero-order valence-electron chi connectivity index (χ0n) is 10.9. The maximum absolute atomic E-state index is 13.5. The van der Waals surface area contributed by atoms with Gasteiger partial charge in [0.25, 0.3) is 0 Å². The van der Waals surface area contributed by atoms with Gasteiger partial charge in [-0.1, -0.05) is 24.3 Å². The smallest absolute Gasteiger partial charge is 0.238 e. The number of nitrogens with one attached hydrogen (secondary N) is 1. The molecule has 2 rings (SSSR count). The predicted molar refractivity (Wildman–Crippen MR) is 76.3 cm³/mol.